The lowest BCUT2D eigenvalue weighted by molar-refractivity contribution is -0.131. The van der Waals surface area contributed by atoms with Crippen LogP contribution in [-0.2, 0) is 16.0 Å². The number of ether oxygens (including phenoxy) is 1. The Labute approximate surface area is 182 Å². The Hall–Kier alpha value is -3.45. The van der Waals surface area contributed by atoms with Gasteiger partial charge in [-0.05, 0) is 54.1 Å². The number of rotatable bonds is 6. The summed E-state index contributed by atoms with van der Waals surface area (Å²) in [5.74, 6) is -0.685. The molecule has 30 heavy (non-hydrogen) atoms. The first-order valence-corrected chi connectivity index (χ1v) is 9.92. The molecule has 7 heteroatoms. The Morgan fingerprint density at radius 1 is 0.867 bits per heavy atom. The van der Waals surface area contributed by atoms with Crippen molar-refractivity contribution in [3.63, 3.8) is 0 Å². The summed E-state index contributed by atoms with van der Waals surface area (Å²) >= 11 is 3.39. The number of benzene rings is 3. The summed E-state index contributed by atoms with van der Waals surface area (Å²) in [7, 11) is 0. The van der Waals surface area contributed by atoms with Crippen LogP contribution in [0.1, 0.15) is 22.8 Å². The molecule has 0 unspecified atom stereocenters. The van der Waals surface area contributed by atoms with Gasteiger partial charge in [0.1, 0.15) is 5.75 Å². The number of anilines is 2. The van der Waals surface area contributed by atoms with Crippen molar-refractivity contribution in [1.82, 2.24) is 0 Å². The maximum absolute atomic E-state index is 12.5. The number of carbonyl (C=O) groups excluding carboxylic acids is 3. The van der Waals surface area contributed by atoms with E-state index < -0.39 is 5.97 Å². The molecule has 3 rings (SSSR count). The fourth-order valence-corrected chi connectivity index (χ4v) is 3.23. The highest BCUT2D eigenvalue weighted by atomic mass is 79.9. The maximum Gasteiger partial charge on any atom is 0.308 e. The van der Waals surface area contributed by atoms with E-state index in [-0.39, 0.29) is 18.2 Å². The Morgan fingerprint density at radius 2 is 1.57 bits per heavy atom. The minimum atomic E-state index is -0.459. The van der Waals surface area contributed by atoms with Gasteiger partial charge in [-0.15, -0.1) is 0 Å². The van der Waals surface area contributed by atoms with Crippen LogP contribution >= 0.6 is 15.9 Å². The van der Waals surface area contributed by atoms with Gasteiger partial charge in [0, 0.05) is 28.3 Å². The van der Waals surface area contributed by atoms with E-state index in [1.807, 2.05) is 24.3 Å². The topological polar surface area (TPSA) is 84.5 Å². The molecule has 0 aliphatic rings. The molecule has 2 N–H and O–H groups in total. The molecule has 0 aliphatic heterocycles. The highest BCUT2D eigenvalue weighted by Gasteiger charge is 2.10. The van der Waals surface area contributed by atoms with Crippen molar-refractivity contribution < 1.29 is 19.1 Å². The third-order valence-corrected chi connectivity index (χ3v) is 4.51. The summed E-state index contributed by atoms with van der Waals surface area (Å²) < 4.78 is 5.92. The molecule has 0 bridgehead atoms. The van der Waals surface area contributed by atoms with E-state index in [9.17, 15) is 14.4 Å². The van der Waals surface area contributed by atoms with Crippen LogP contribution in [0.3, 0.4) is 0 Å². The van der Waals surface area contributed by atoms with E-state index >= 15 is 0 Å². The molecule has 0 spiro atoms. The maximum atomic E-state index is 12.5. The van der Waals surface area contributed by atoms with Gasteiger partial charge in [-0.2, -0.15) is 0 Å². The highest BCUT2D eigenvalue weighted by molar-refractivity contribution is 9.10. The van der Waals surface area contributed by atoms with Crippen LogP contribution in [0, 0.1) is 0 Å². The number of hydrogen-bond acceptors (Lipinski definition) is 4. The molecule has 0 aromatic heterocycles. The van der Waals surface area contributed by atoms with Crippen molar-refractivity contribution in [2.75, 3.05) is 10.6 Å². The second-order valence-electron chi connectivity index (χ2n) is 6.51. The largest absolute Gasteiger partial charge is 0.427 e. The summed E-state index contributed by atoms with van der Waals surface area (Å²) in [6.45, 7) is 1.29. The smallest absolute Gasteiger partial charge is 0.308 e. The third kappa shape index (κ3) is 6.28. The van der Waals surface area contributed by atoms with Crippen LogP contribution in [0.15, 0.2) is 77.3 Å². The zero-order chi connectivity index (χ0) is 21.5. The van der Waals surface area contributed by atoms with E-state index in [1.165, 1.54) is 13.0 Å². The molecular weight excluding hydrogens is 448 g/mol. The number of amides is 2. The molecule has 0 radical (unpaired) electrons. The second kappa shape index (κ2) is 9.84. The van der Waals surface area contributed by atoms with Crippen LogP contribution in [0.4, 0.5) is 11.4 Å². The summed E-state index contributed by atoms with van der Waals surface area (Å²) in [6.07, 6.45) is 0.235. The molecular formula is C23H19BrN2O4. The summed E-state index contributed by atoms with van der Waals surface area (Å²) in [5.41, 5.74) is 2.33. The first-order chi connectivity index (χ1) is 14.4. The van der Waals surface area contributed by atoms with Gasteiger partial charge in [0.25, 0.3) is 5.91 Å². The number of nitrogens with one attached hydrogen (secondary N) is 2. The minimum Gasteiger partial charge on any atom is -0.427 e. The Bertz CT molecular complexity index is 1100. The van der Waals surface area contributed by atoms with Gasteiger partial charge < -0.3 is 15.4 Å². The zero-order valence-corrected chi connectivity index (χ0v) is 17.7. The quantitative estimate of drug-likeness (QED) is 0.403. The first kappa shape index (κ1) is 21.3. The Balaban J connectivity index is 1.64. The minimum absolute atomic E-state index is 0.161. The molecule has 3 aromatic rings. The van der Waals surface area contributed by atoms with Crippen molar-refractivity contribution in [1.29, 1.82) is 0 Å². The van der Waals surface area contributed by atoms with E-state index in [4.69, 9.17) is 4.74 Å². The molecule has 0 aliphatic carbocycles. The standard InChI is InChI=1S/C23H19BrN2O4/c1-15(27)30-21-10-3-6-17(13-21)23(29)26-20-9-4-8-19(14-20)25-22(28)12-16-5-2-7-18(24)11-16/h2-11,13-14H,12H2,1H3,(H,25,28)(H,26,29). The normalized spacial score (nSPS) is 10.2. The highest BCUT2D eigenvalue weighted by Crippen LogP contribution is 2.19. The monoisotopic (exact) mass is 466 g/mol. The average Bonchev–Trinajstić information content (AvgIpc) is 2.68. The lowest BCUT2D eigenvalue weighted by Gasteiger charge is -2.10. The van der Waals surface area contributed by atoms with E-state index in [1.54, 1.807) is 42.5 Å². The van der Waals surface area contributed by atoms with Gasteiger partial charge in [0.2, 0.25) is 5.91 Å². The van der Waals surface area contributed by atoms with Crippen molar-refractivity contribution in [3.8, 4) is 5.75 Å². The van der Waals surface area contributed by atoms with Gasteiger partial charge in [-0.1, -0.05) is 40.2 Å². The van der Waals surface area contributed by atoms with Gasteiger partial charge in [-0.3, -0.25) is 14.4 Å². The Kier molecular flexibility index (Phi) is 6.98. The van der Waals surface area contributed by atoms with Crippen LogP contribution in [0.5, 0.6) is 5.75 Å². The fraction of sp³-hybridized carbons (Fsp3) is 0.0870. The van der Waals surface area contributed by atoms with Crippen LogP contribution < -0.4 is 15.4 Å². The predicted molar refractivity (Wildman–Crippen MR) is 119 cm³/mol. The van der Waals surface area contributed by atoms with Crippen LogP contribution in [-0.4, -0.2) is 17.8 Å². The number of carbonyl (C=O) groups is 3. The van der Waals surface area contributed by atoms with Crippen LogP contribution in [0.2, 0.25) is 0 Å². The lowest BCUT2D eigenvalue weighted by atomic mass is 10.1. The number of halogens is 1. The molecule has 152 valence electrons. The van der Waals surface area contributed by atoms with Crippen molar-refractivity contribution >= 4 is 45.1 Å². The molecule has 0 saturated carbocycles. The predicted octanol–water partition coefficient (Wildman–Crippen LogP) is 4.81. The van der Waals surface area contributed by atoms with Crippen molar-refractivity contribution in [2.45, 2.75) is 13.3 Å². The molecule has 0 atom stereocenters. The summed E-state index contributed by atoms with van der Waals surface area (Å²) in [4.78, 5) is 35.9. The molecule has 3 aromatic carbocycles. The lowest BCUT2D eigenvalue weighted by Crippen LogP contribution is -2.15. The first-order valence-electron chi connectivity index (χ1n) is 9.13. The van der Waals surface area contributed by atoms with Crippen molar-refractivity contribution in [3.05, 3.63) is 88.4 Å². The summed E-state index contributed by atoms with van der Waals surface area (Å²) in [5, 5.41) is 5.60. The second-order valence-corrected chi connectivity index (χ2v) is 7.43. The SMILES string of the molecule is CC(=O)Oc1cccc(C(=O)Nc2cccc(NC(=O)Cc3cccc(Br)c3)c2)c1. The number of hydrogen-bond donors (Lipinski definition) is 2. The van der Waals surface area contributed by atoms with E-state index in [0.29, 0.717) is 22.7 Å². The van der Waals surface area contributed by atoms with Gasteiger partial charge >= 0.3 is 5.97 Å². The number of esters is 1. The van der Waals surface area contributed by atoms with Crippen LogP contribution in [0.25, 0.3) is 0 Å². The molecule has 6 nitrogen and oxygen atoms in total. The fourth-order valence-electron chi connectivity index (χ4n) is 2.78. The molecule has 0 heterocycles. The zero-order valence-electron chi connectivity index (χ0n) is 16.1. The van der Waals surface area contributed by atoms with Gasteiger partial charge in [0.15, 0.2) is 0 Å². The third-order valence-electron chi connectivity index (χ3n) is 4.02. The van der Waals surface area contributed by atoms with Gasteiger partial charge in [-0.25, -0.2) is 0 Å². The van der Waals surface area contributed by atoms with E-state index in [2.05, 4.69) is 26.6 Å². The van der Waals surface area contributed by atoms with E-state index in [0.717, 1.165) is 10.0 Å². The molecule has 0 fully saturated rings. The average molecular weight is 467 g/mol. The summed E-state index contributed by atoms with van der Waals surface area (Å²) in [6, 6.07) is 20.7. The molecule has 0 saturated heterocycles. The Morgan fingerprint density at radius 3 is 2.30 bits per heavy atom. The van der Waals surface area contributed by atoms with Gasteiger partial charge in [0.05, 0.1) is 6.42 Å². The molecule has 2 amide bonds. The van der Waals surface area contributed by atoms with Crippen molar-refractivity contribution in [2.24, 2.45) is 0 Å².